The summed E-state index contributed by atoms with van der Waals surface area (Å²) in [7, 11) is -7.23. The predicted octanol–water partition coefficient (Wildman–Crippen LogP) is 4.34. The molecule has 1 N–H and O–H groups in total. The number of ether oxygens (including phenoxy) is 1. The first kappa shape index (κ1) is 27.3. The molecule has 2 bridgehead atoms. The molecule has 1 amide bonds. The number of amides is 1. The Hall–Kier alpha value is -2.27. The van der Waals surface area contributed by atoms with E-state index in [4.69, 9.17) is 4.74 Å². The molecule has 8 nitrogen and oxygen atoms in total. The van der Waals surface area contributed by atoms with Gasteiger partial charge < -0.3 is 10.1 Å². The molecule has 0 radical (unpaired) electrons. The van der Waals surface area contributed by atoms with Gasteiger partial charge >= 0.3 is 0 Å². The van der Waals surface area contributed by atoms with Crippen LogP contribution in [0.3, 0.4) is 0 Å². The number of carbonyl (C=O) groups is 1. The lowest BCUT2D eigenvalue weighted by molar-refractivity contribution is 0.0730. The second-order valence-corrected chi connectivity index (χ2v) is 16.2. The molecule has 0 spiro atoms. The maximum atomic E-state index is 13.6. The number of carbonyl (C=O) groups excluding carboxylic acids is 1. The maximum Gasteiger partial charge on any atom is 0.255 e. The van der Waals surface area contributed by atoms with E-state index in [1.54, 1.807) is 12.1 Å². The standard InChI is InChI=1S/C28H36N2O6S2/c1-27(2)16-21-17-28(3,19-27)18-25(21)37(32,33)23-9-7-20(8-10-23)26(31)29-22-5-4-6-24(15-22)38(34,35)30-11-13-36-14-12-30/h4-10,15,21,25H,11-14,16-19H2,1-3H3,(H,29,31). The number of fused-ring (bicyclic) bond motifs is 2. The van der Waals surface area contributed by atoms with Crippen molar-refractivity contribution < 1.29 is 26.4 Å². The van der Waals surface area contributed by atoms with E-state index in [0.29, 0.717) is 30.9 Å². The summed E-state index contributed by atoms with van der Waals surface area (Å²) in [6.07, 6.45) is 3.57. The minimum atomic E-state index is -3.70. The summed E-state index contributed by atoms with van der Waals surface area (Å²) in [5.41, 5.74) is 0.829. The molecule has 1 saturated heterocycles. The van der Waals surface area contributed by atoms with Crippen LogP contribution in [0.1, 0.15) is 56.8 Å². The summed E-state index contributed by atoms with van der Waals surface area (Å²) < 4.78 is 59.7. The number of benzene rings is 2. The largest absolute Gasteiger partial charge is 0.379 e. The first-order valence-corrected chi connectivity index (χ1v) is 16.1. The monoisotopic (exact) mass is 560 g/mol. The molecule has 0 aromatic heterocycles. The van der Waals surface area contributed by atoms with E-state index < -0.39 is 31.0 Å². The average Bonchev–Trinajstić information content (AvgIpc) is 3.14. The Morgan fingerprint density at radius 2 is 1.61 bits per heavy atom. The topological polar surface area (TPSA) is 110 Å². The van der Waals surface area contributed by atoms with Crippen LogP contribution < -0.4 is 5.32 Å². The third-order valence-electron chi connectivity index (χ3n) is 8.24. The van der Waals surface area contributed by atoms with E-state index in [9.17, 15) is 21.6 Å². The van der Waals surface area contributed by atoms with Gasteiger partial charge in [0.1, 0.15) is 0 Å². The van der Waals surface area contributed by atoms with E-state index in [0.717, 1.165) is 19.3 Å². The molecule has 38 heavy (non-hydrogen) atoms. The Bertz CT molecular complexity index is 1430. The van der Waals surface area contributed by atoms with Crippen molar-refractivity contribution in [1.82, 2.24) is 4.31 Å². The van der Waals surface area contributed by atoms with Crippen molar-refractivity contribution in [2.45, 2.75) is 61.5 Å². The van der Waals surface area contributed by atoms with Crippen LogP contribution in [0.5, 0.6) is 0 Å². The molecule has 3 fully saturated rings. The molecule has 3 atom stereocenters. The molecular formula is C28H36N2O6S2. The van der Waals surface area contributed by atoms with E-state index in [1.165, 1.54) is 40.7 Å². The summed E-state index contributed by atoms with van der Waals surface area (Å²) >= 11 is 0. The molecule has 3 aliphatic rings. The van der Waals surface area contributed by atoms with E-state index in [1.807, 2.05) is 0 Å². The lowest BCUT2D eigenvalue weighted by Crippen LogP contribution is -2.40. The van der Waals surface area contributed by atoms with Gasteiger partial charge in [0.25, 0.3) is 5.91 Å². The average molecular weight is 561 g/mol. The Morgan fingerprint density at radius 3 is 2.29 bits per heavy atom. The quantitative estimate of drug-likeness (QED) is 0.563. The van der Waals surface area contributed by atoms with Crippen LogP contribution in [0.25, 0.3) is 0 Å². The van der Waals surface area contributed by atoms with Crippen molar-refractivity contribution in [3.8, 4) is 0 Å². The fraction of sp³-hybridized carbons (Fsp3) is 0.536. The van der Waals surface area contributed by atoms with Crippen LogP contribution in [0, 0.1) is 16.7 Å². The smallest absolute Gasteiger partial charge is 0.255 e. The van der Waals surface area contributed by atoms with Crippen LogP contribution in [0.2, 0.25) is 0 Å². The third kappa shape index (κ3) is 5.28. The number of hydrogen-bond acceptors (Lipinski definition) is 6. The second kappa shape index (κ2) is 9.73. The maximum absolute atomic E-state index is 13.6. The summed E-state index contributed by atoms with van der Waals surface area (Å²) in [6, 6.07) is 12.2. The lowest BCUT2D eigenvalue weighted by Gasteiger charge is -2.40. The molecule has 2 aromatic carbocycles. The summed E-state index contributed by atoms with van der Waals surface area (Å²) in [4.78, 5) is 13.3. The van der Waals surface area contributed by atoms with Crippen molar-refractivity contribution in [3.05, 3.63) is 54.1 Å². The van der Waals surface area contributed by atoms with Gasteiger partial charge in [0.2, 0.25) is 10.0 Å². The Kier molecular flexibility index (Phi) is 6.99. The molecule has 1 heterocycles. The second-order valence-electron chi connectivity index (χ2n) is 12.1. The molecule has 2 saturated carbocycles. The lowest BCUT2D eigenvalue weighted by atomic mass is 9.65. The number of nitrogens with zero attached hydrogens (tertiary/aromatic N) is 1. The summed E-state index contributed by atoms with van der Waals surface area (Å²) in [5, 5.41) is 2.34. The van der Waals surface area contributed by atoms with Gasteiger partial charge in [0.05, 0.1) is 28.3 Å². The van der Waals surface area contributed by atoms with Gasteiger partial charge in [-0.2, -0.15) is 4.31 Å². The first-order valence-electron chi connectivity index (χ1n) is 13.1. The number of anilines is 1. The molecule has 2 aromatic rings. The van der Waals surface area contributed by atoms with Gasteiger partial charge in [-0.15, -0.1) is 0 Å². The van der Waals surface area contributed by atoms with Crippen molar-refractivity contribution in [2.75, 3.05) is 31.6 Å². The fourth-order valence-corrected chi connectivity index (χ4v) is 10.6. The van der Waals surface area contributed by atoms with Crippen LogP contribution in [-0.2, 0) is 24.6 Å². The Labute approximate surface area is 225 Å². The Morgan fingerprint density at radius 1 is 0.921 bits per heavy atom. The van der Waals surface area contributed by atoms with Gasteiger partial charge in [0.15, 0.2) is 9.84 Å². The molecule has 206 valence electrons. The van der Waals surface area contributed by atoms with Crippen molar-refractivity contribution in [2.24, 2.45) is 16.7 Å². The minimum absolute atomic E-state index is 0.0494. The fourth-order valence-electron chi connectivity index (χ4n) is 6.99. The minimum Gasteiger partial charge on any atom is -0.379 e. The van der Waals surface area contributed by atoms with E-state index >= 15 is 0 Å². The molecule has 1 aliphatic heterocycles. The molecule has 2 aliphatic carbocycles. The highest BCUT2D eigenvalue weighted by Gasteiger charge is 2.54. The van der Waals surface area contributed by atoms with Crippen LogP contribution in [0.4, 0.5) is 5.69 Å². The number of morpholine rings is 1. The highest BCUT2D eigenvalue weighted by molar-refractivity contribution is 7.92. The normalized spacial score (nSPS) is 27.7. The van der Waals surface area contributed by atoms with Crippen LogP contribution in [-0.4, -0.2) is 58.6 Å². The van der Waals surface area contributed by atoms with Gasteiger partial charge in [-0.05, 0) is 84.9 Å². The van der Waals surface area contributed by atoms with Gasteiger partial charge in [0, 0.05) is 24.3 Å². The van der Waals surface area contributed by atoms with Crippen LogP contribution >= 0.6 is 0 Å². The SMILES string of the molecule is CC1(C)CC2CC(C)(CC2S(=O)(=O)c2ccc(C(=O)Nc3cccc(S(=O)(=O)N4CCOCC4)c3)cc2)C1. The van der Waals surface area contributed by atoms with Gasteiger partial charge in [-0.3, -0.25) is 4.79 Å². The summed E-state index contributed by atoms with van der Waals surface area (Å²) in [5.74, 6) is -0.293. The number of hydrogen-bond donors (Lipinski definition) is 1. The van der Waals surface area contributed by atoms with Gasteiger partial charge in [-0.1, -0.05) is 26.8 Å². The van der Waals surface area contributed by atoms with Crippen molar-refractivity contribution in [3.63, 3.8) is 0 Å². The summed E-state index contributed by atoms with van der Waals surface area (Å²) in [6.45, 7) is 7.94. The van der Waals surface area contributed by atoms with Crippen molar-refractivity contribution in [1.29, 1.82) is 0 Å². The number of sulfonamides is 1. The molecule has 5 rings (SSSR count). The highest BCUT2D eigenvalue weighted by atomic mass is 32.2. The first-order chi connectivity index (χ1) is 17.8. The van der Waals surface area contributed by atoms with Crippen LogP contribution in [0.15, 0.2) is 58.3 Å². The molecule has 3 unspecified atom stereocenters. The number of sulfone groups is 1. The Balaban J connectivity index is 1.30. The molecule has 10 heteroatoms. The third-order valence-corrected chi connectivity index (χ3v) is 12.4. The number of nitrogens with one attached hydrogen (secondary N) is 1. The predicted molar refractivity (Wildman–Crippen MR) is 145 cm³/mol. The zero-order chi connectivity index (χ0) is 27.3. The molecular weight excluding hydrogens is 524 g/mol. The van der Waals surface area contributed by atoms with Crippen molar-refractivity contribution >= 4 is 31.5 Å². The van der Waals surface area contributed by atoms with E-state index in [2.05, 4.69) is 26.1 Å². The van der Waals surface area contributed by atoms with E-state index in [-0.39, 0.29) is 39.6 Å². The number of rotatable bonds is 6. The van der Waals surface area contributed by atoms with Gasteiger partial charge in [-0.25, -0.2) is 16.8 Å². The zero-order valence-electron chi connectivity index (χ0n) is 22.1. The zero-order valence-corrected chi connectivity index (χ0v) is 23.8. The highest BCUT2D eigenvalue weighted by Crippen LogP contribution is 2.59.